The molecule has 31 heavy (non-hydrogen) atoms. The molecule has 1 fully saturated rings. The van der Waals surface area contributed by atoms with Gasteiger partial charge in [0.25, 0.3) is 0 Å². The number of aromatic nitrogens is 4. The SMILES string of the molecule is COc1ccc([C@H](c2nnnn2Cc2cccs2)[NH+]2CCC(C(N)=O)CC2)c(OC)c1. The standard InChI is InChI=1S/C21H26N6O3S/c1-29-15-5-6-17(18(12-15)30-2)19(26-9-7-14(8-10-26)20(22)28)21-23-24-25-27(21)13-16-4-3-11-31-16/h3-6,11-12,14,19H,7-10,13H2,1-2H3,(H2,22,28)/p+1/t19-/m1/s1. The van der Waals surface area contributed by atoms with E-state index in [0.29, 0.717) is 6.54 Å². The number of carbonyl (C=O) groups is 1. The smallest absolute Gasteiger partial charge is 0.220 e. The van der Waals surface area contributed by atoms with Crippen LogP contribution in [-0.2, 0) is 11.3 Å². The van der Waals surface area contributed by atoms with Gasteiger partial charge in [0.1, 0.15) is 11.5 Å². The molecule has 0 bridgehead atoms. The summed E-state index contributed by atoms with van der Waals surface area (Å²) in [5.74, 6) is 1.91. The molecule has 0 aliphatic carbocycles. The first-order valence-corrected chi connectivity index (χ1v) is 11.1. The molecular formula is C21H27N6O3S+. The fourth-order valence-electron chi connectivity index (χ4n) is 4.24. The molecule has 1 aliphatic heterocycles. The predicted molar refractivity (Wildman–Crippen MR) is 115 cm³/mol. The average Bonchev–Trinajstić information content (AvgIpc) is 3.47. The van der Waals surface area contributed by atoms with Crippen LogP contribution in [0.4, 0.5) is 0 Å². The number of piperidine rings is 1. The van der Waals surface area contributed by atoms with E-state index in [1.165, 1.54) is 9.78 Å². The highest BCUT2D eigenvalue weighted by molar-refractivity contribution is 7.09. The Morgan fingerprint density at radius 1 is 1.29 bits per heavy atom. The molecule has 1 amide bonds. The number of primary amides is 1. The summed E-state index contributed by atoms with van der Waals surface area (Å²) in [5.41, 5.74) is 6.54. The molecule has 9 nitrogen and oxygen atoms in total. The lowest BCUT2D eigenvalue weighted by Crippen LogP contribution is -3.13. The van der Waals surface area contributed by atoms with Crippen LogP contribution in [0.25, 0.3) is 0 Å². The zero-order chi connectivity index (χ0) is 21.8. The van der Waals surface area contributed by atoms with Crippen LogP contribution < -0.4 is 20.1 Å². The van der Waals surface area contributed by atoms with Crippen molar-refractivity contribution in [1.29, 1.82) is 0 Å². The summed E-state index contributed by atoms with van der Waals surface area (Å²) in [7, 11) is 3.28. The lowest BCUT2D eigenvalue weighted by atomic mass is 9.93. The number of benzene rings is 1. The molecule has 0 unspecified atom stereocenters. The summed E-state index contributed by atoms with van der Waals surface area (Å²) >= 11 is 1.67. The highest BCUT2D eigenvalue weighted by Gasteiger charge is 2.37. The lowest BCUT2D eigenvalue weighted by Gasteiger charge is -2.33. The number of nitrogens with zero attached hydrogens (tertiary/aromatic N) is 4. The largest absolute Gasteiger partial charge is 0.497 e. The Balaban J connectivity index is 1.73. The van der Waals surface area contributed by atoms with Crippen molar-refractivity contribution in [3.63, 3.8) is 0 Å². The molecule has 1 saturated heterocycles. The van der Waals surface area contributed by atoms with Crippen LogP contribution in [0.2, 0.25) is 0 Å². The highest BCUT2D eigenvalue weighted by atomic mass is 32.1. The maximum atomic E-state index is 11.7. The Hall–Kier alpha value is -2.98. The van der Waals surface area contributed by atoms with E-state index in [1.807, 2.05) is 34.3 Å². The number of hydrogen-bond donors (Lipinski definition) is 2. The van der Waals surface area contributed by atoms with Gasteiger partial charge in [-0.2, -0.15) is 0 Å². The van der Waals surface area contributed by atoms with Gasteiger partial charge in [0.05, 0.1) is 39.4 Å². The number of ether oxygens (including phenoxy) is 2. The molecule has 3 N–H and O–H groups in total. The third-order valence-corrected chi connectivity index (χ3v) is 6.75. The Morgan fingerprint density at radius 3 is 2.74 bits per heavy atom. The van der Waals surface area contributed by atoms with Crippen LogP contribution in [0, 0.1) is 5.92 Å². The molecule has 0 radical (unpaired) electrons. The summed E-state index contributed by atoms with van der Waals surface area (Å²) in [4.78, 5) is 14.1. The van der Waals surface area contributed by atoms with E-state index >= 15 is 0 Å². The Bertz CT molecular complexity index is 1010. The molecule has 0 saturated carbocycles. The van der Waals surface area contributed by atoms with E-state index in [0.717, 1.165) is 48.8 Å². The minimum atomic E-state index is -0.222. The van der Waals surface area contributed by atoms with Gasteiger partial charge in [-0.1, -0.05) is 6.07 Å². The van der Waals surface area contributed by atoms with E-state index in [4.69, 9.17) is 15.2 Å². The second-order valence-electron chi connectivity index (χ2n) is 7.65. The second-order valence-corrected chi connectivity index (χ2v) is 8.68. The van der Waals surface area contributed by atoms with Gasteiger partial charge < -0.3 is 20.1 Å². The number of tetrazole rings is 1. The van der Waals surface area contributed by atoms with Crippen molar-refractivity contribution < 1.29 is 19.2 Å². The number of thiophene rings is 1. The minimum Gasteiger partial charge on any atom is -0.497 e. The molecule has 3 aromatic rings. The van der Waals surface area contributed by atoms with Gasteiger partial charge in [0.15, 0.2) is 6.04 Å². The van der Waals surface area contributed by atoms with Crippen LogP contribution in [0.5, 0.6) is 11.5 Å². The summed E-state index contributed by atoms with van der Waals surface area (Å²) < 4.78 is 13.0. The van der Waals surface area contributed by atoms with Crippen molar-refractivity contribution in [3.05, 3.63) is 52.0 Å². The zero-order valence-electron chi connectivity index (χ0n) is 17.7. The van der Waals surface area contributed by atoms with Crippen molar-refractivity contribution in [2.45, 2.75) is 25.4 Å². The van der Waals surface area contributed by atoms with Crippen molar-refractivity contribution in [2.75, 3.05) is 27.3 Å². The molecule has 1 aliphatic rings. The maximum Gasteiger partial charge on any atom is 0.220 e. The first-order valence-electron chi connectivity index (χ1n) is 10.2. The van der Waals surface area contributed by atoms with Gasteiger partial charge in [-0.15, -0.1) is 16.4 Å². The van der Waals surface area contributed by atoms with E-state index in [-0.39, 0.29) is 17.9 Å². The molecule has 2 aromatic heterocycles. The van der Waals surface area contributed by atoms with E-state index in [2.05, 4.69) is 21.6 Å². The zero-order valence-corrected chi connectivity index (χ0v) is 18.5. The number of rotatable bonds is 8. The van der Waals surface area contributed by atoms with Crippen LogP contribution in [-0.4, -0.2) is 53.4 Å². The van der Waals surface area contributed by atoms with Gasteiger partial charge >= 0.3 is 0 Å². The Labute approximate surface area is 184 Å². The summed E-state index contributed by atoms with van der Waals surface area (Å²) in [6.45, 7) is 2.19. The number of quaternary nitrogens is 1. The summed E-state index contributed by atoms with van der Waals surface area (Å²) in [5, 5.41) is 14.7. The molecule has 1 aromatic carbocycles. The molecule has 1 atom stereocenters. The number of likely N-dealkylation sites (tertiary alicyclic amines) is 1. The topological polar surface area (TPSA) is 110 Å². The van der Waals surface area contributed by atoms with Gasteiger partial charge in [0.2, 0.25) is 11.7 Å². The highest BCUT2D eigenvalue weighted by Crippen LogP contribution is 2.31. The molecule has 4 rings (SSSR count). The predicted octanol–water partition coefficient (Wildman–Crippen LogP) is 0.670. The van der Waals surface area contributed by atoms with Gasteiger partial charge in [-0.05, 0) is 34.0 Å². The fraction of sp³-hybridized carbons (Fsp3) is 0.429. The van der Waals surface area contributed by atoms with Crippen LogP contribution in [0.15, 0.2) is 35.7 Å². The summed E-state index contributed by atoms with van der Waals surface area (Å²) in [6, 6.07) is 9.77. The van der Waals surface area contributed by atoms with Crippen LogP contribution in [0.1, 0.15) is 35.1 Å². The van der Waals surface area contributed by atoms with E-state index in [9.17, 15) is 4.79 Å². The van der Waals surface area contributed by atoms with E-state index < -0.39 is 0 Å². The van der Waals surface area contributed by atoms with Crippen molar-refractivity contribution in [1.82, 2.24) is 20.2 Å². The fourth-order valence-corrected chi connectivity index (χ4v) is 4.93. The third-order valence-electron chi connectivity index (χ3n) is 5.89. The van der Waals surface area contributed by atoms with Crippen LogP contribution in [0.3, 0.4) is 0 Å². The van der Waals surface area contributed by atoms with Crippen molar-refractivity contribution in [3.8, 4) is 11.5 Å². The van der Waals surface area contributed by atoms with Gasteiger partial charge in [-0.25, -0.2) is 4.68 Å². The normalized spacial score (nSPS) is 19.7. The Kier molecular flexibility index (Phi) is 6.47. The lowest BCUT2D eigenvalue weighted by molar-refractivity contribution is -0.931. The maximum absolute atomic E-state index is 11.7. The number of carbonyl (C=O) groups excluding carboxylic acids is 1. The molecule has 164 valence electrons. The second kappa shape index (κ2) is 9.44. The number of nitrogens with two attached hydrogens (primary N) is 1. The van der Waals surface area contributed by atoms with E-state index in [1.54, 1.807) is 25.6 Å². The van der Waals surface area contributed by atoms with Gasteiger partial charge in [-0.3, -0.25) is 4.79 Å². The number of nitrogens with one attached hydrogen (secondary N) is 1. The first kappa shape index (κ1) is 21.3. The van der Waals surface area contributed by atoms with Crippen molar-refractivity contribution >= 4 is 17.2 Å². The molecule has 3 heterocycles. The molecular weight excluding hydrogens is 416 g/mol. The van der Waals surface area contributed by atoms with Crippen molar-refractivity contribution in [2.24, 2.45) is 11.7 Å². The Morgan fingerprint density at radius 2 is 2.10 bits per heavy atom. The molecule has 10 heteroatoms. The van der Waals surface area contributed by atoms with Crippen LogP contribution >= 0.6 is 11.3 Å². The quantitative estimate of drug-likeness (QED) is 0.530. The average molecular weight is 444 g/mol. The number of hydrogen-bond acceptors (Lipinski definition) is 7. The minimum absolute atomic E-state index is 0.0794. The monoisotopic (exact) mass is 443 g/mol. The van der Waals surface area contributed by atoms with Gasteiger partial charge in [0, 0.05) is 29.7 Å². The third kappa shape index (κ3) is 4.54. The molecule has 0 spiro atoms. The number of methoxy groups -OCH3 is 2. The number of amides is 1. The first-order chi connectivity index (χ1) is 15.1. The summed E-state index contributed by atoms with van der Waals surface area (Å²) in [6.07, 6.45) is 1.48.